The summed E-state index contributed by atoms with van der Waals surface area (Å²) in [5.41, 5.74) is 0. The molecule has 3 N–H and O–H groups in total. The summed E-state index contributed by atoms with van der Waals surface area (Å²) in [5.74, 6) is -1.67. The summed E-state index contributed by atoms with van der Waals surface area (Å²) in [6.07, 6.45) is 2.93. The Hall–Kier alpha value is -1.22. The monoisotopic (exact) mass is 358 g/mol. The lowest BCUT2D eigenvalue weighted by atomic mass is 10.3. The fourth-order valence-corrected chi connectivity index (χ4v) is 3.16. The van der Waals surface area contributed by atoms with Gasteiger partial charge < -0.3 is 20.4 Å². The van der Waals surface area contributed by atoms with Crippen molar-refractivity contribution in [3.05, 3.63) is 0 Å². The van der Waals surface area contributed by atoms with Crippen molar-refractivity contribution < 1.29 is 19.8 Å². The van der Waals surface area contributed by atoms with Gasteiger partial charge in [0.2, 0.25) is 0 Å². The van der Waals surface area contributed by atoms with Crippen LogP contribution < -0.4 is 5.32 Å². The molecule has 1 fully saturated rings. The van der Waals surface area contributed by atoms with Crippen molar-refractivity contribution in [3.8, 4) is 0 Å². The lowest BCUT2D eigenvalue weighted by Crippen LogP contribution is -2.42. The van der Waals surface area contributed by atoms with E-state index in [-0.39, 0.29) is 13.1 Å². The number of carboxylic acid groups (broad SMARTS) is 2. The number of hydrogen-bond donors (Lipinski definition) is 3. The molecule has 146 valence electrons. The Morgan fingerprint density at radius 1 is 0.800 bits per heavy atom. The van der Waals surface area contributed by atoms with Crippen molar-refractivity contribution in [2.75, 3.05) is 72.0 Å². The molecular formula is C17H34N4O4. The lowest BCUT2D eigenvalue weighted by molar-refractivity contribution is -0.140. The third-order valence-corrected chi connectivity index (χ3v) is 4.37. The molecule has 0 aromatic heterocycles. The standard InChI is InChI=1S/C17H34N4O4/c1-2-7-19-9-4-10-21(15-17(24)25)13-12-20(14-16(22)23)8-3-5-18-6-11-19/h18H,2-15H2,1H3,(H,22,23)(H,24,25). The quantitative estimate of drug-likeness (QED) is 0.604. The maximum atomic E-state index is 11.1. The van der Waals surface area contributed by atoms with E-state index in [0.717, 1.165) is 58.5 Å². The van der Waals surface area contributed by atoms with Crippen LogP contribution in [-0.4, -0.2) is 109 Å². The molecule has 0 aromatic rings. The summed E-state index contributed by atoms with van der Waals surface area (Å²) >= 11 is 0. The highest BCUT2D eigenvalue weighted by molar-refractivity contribution is 5.69. The molecule has 0 amide bonds. The first kappa shape index (κ1) is 21.8. The summed E-state index contributed by atoms with van der Waals surface area (Å²) in [5, 5.41) is 21.6. The van der Waals surface area contributed by atoms with E-state index in [2.05, 4.69) is 17.1 Å². The number of nitrogens with one attached hydrogen (secondary N) is 1. The molecule has 8 heteroatoms. The van der Waals surface area contributed by atoms with E-state index in [9.17, 15) is 9.59 Å². The minimum absolute atomic E-state index is 0.00515. The summed E-state index contributed by atoms with van der Waals surface area (Å²) in [4.78, 5) is 28.4. The first-order valence-corrected chi connectivity index (χ1v) is 9.32. The van der Waals surface area contributed by atoms with E-state index in [1.165, 1.54) is 0 Å². The summed E-state index contributed by atoms with van der Waals surface area (Å²) < 4.78 is 0. The number of carbonyl (C=O) groups is 2. The van der Waals surface area contributed by atoms with Gasteiger partial charge in [0.25, 0.3) is 0 Å². The molecule has 0 atom stereocenters. The summed E-state index contributed by atoms with van der Waals surface area (Å²) in [6.45, 7) is 9.60. The van der Waals surface area contributed by atoms with E-state index >= 15 is 0 Å². The van der Waals surface area contributed by atoms with Gasteiger partial charge in [-0.2, -0.15) is 0 Å². The van der Waals surface area contributed by atoms with E-state index in [1.54, 1.807) is 0 Å². The van der Waals surface area contributed by atoms with Crippen molar-refractivity contribution in [3.63, 3.8) is 0 Å². The zero-order chi connectivity index (χ0) is 18.5. The summed E-state index contributed by atoms with van der Waals surface area (Å²) in [6, 6.07) is 0. The van der Waals surface area contributed by atoms with Crippen LogP contribution in [0.3, 0.4) is 0 Å². The highest BCUT2D eigenvalue weighted by Crippen LogP contribution is 2.00. The van der Waals surface area contributed by atoms with Gasteiger partial charge in [-0.1, -0.05) is 6.92 Å². The largest absolute Gasteiger partial charge is 0.480 e. The van der Waals surface area contributed by atoms with Gasteiger partial charge in [-0.25, -0.2) is 0 Å². The molecule has 0 unspecified atom stereocenters. The van der Waals surface area contributed by atoms with Gasteiger partial charge >= 0.3 is 11.9 Å². The Bertz CT molecular complexity index is 395. The second-order valence-corrected chi connectivity index (χ2v) is 6.64. The van der Waals surface area contributed by atoms with Crippen LogP contribution in [0.2, 0.25) is 0 Å². The molecule has 8 nitrogen and oxygen atoms in total. The van der Waals surface area contributed by atoms with E-state index in [0.29, 0.717) is 19.6 Å². The van der Waals surface area contributed by atoms with Crippen LogP contribution in [0.15, 0.2) is 0 Å². The Morgan fingerprint density at radius 3 is 1.92 bits per heavy atom. The number of carboxylic acids is 2. The first-order valence-electron chi connectivity index (χ1n) is 9.32. The molecule has 0 aromatic carbocycles. The minimum Gasteiger partial charge on any atom is -0.480 e. The predicted octanol–water partition coefficient (Wildman–Crippen LogP) is -0.145. The van der Waals surface area contributed by atoms with E-state index < -0.39 is 11.9 Å². The fraction of sp³-hybridized carbons (Fsp3) is 0.882. The lowest BCUT2D eigenvalue weighted by Gasteiger charge is -2.28. The third kappa shape index (κ3) is 11.1. The van der Waals surface area contributed by atoms with Crippen molar-refractivity contribution in [1.29, 1.82) is 0 Å². The maximum Gasteiger partial charge on any atom is 0.317 e. The average Bonchev–Trinajstić information content (AvgIpc) is 2.53. The van der Waals surface area contributed by atoms with Crippen LogP contribution in [0.4, 0.5) is 0 Å². The van der Waals surface area contributed by atoms with Gasteiger partial charge in [-0.3, -0.25) is 19.4 Å². The molecule has 0 spiro atoms. The van der Waals surface area contributed by atoms with Crippen LogP contribution in [0.5, 0.6) is 0 Å². The van der Waals surface area contributed by atoms with Crippen LogP contribution in [0.1, 0.15) is 26.2 Å². The highest BCUT2D eigenvalue weighted by atomic mass is 16.4. The number of aliphatic carboxylic acids is 2. The second kappa shape index (κ2) is 13.0. The van der Waals surface area contributed by atoms with Crippen LogP contribution in [0.25, 0.3) is 0 Å². The van der Waals surface area contributed by atoms with Gasteiger partial charge in [0.15, 0.2) is 0 Å². The molecule has 1 saturated heterocycles. The Balaban J connectivity index is 2.63. The zero-order valence-electron chi connectivity index (χ0n) is 15.5. The normalized spacial score (nSPS) is 20.8. The van der Waals surface area contributed by atoms with Crippen LogP contribution in [-0.2, 0) is 9.59 Å². The summed E-state index contributed by atoms with van der Waals surface area (Å²) in [7, 11) is 0. The van der Waals surface area contributed by atoms with Crippen LogP contribution >= 0.6 is 0 Å². The third-order valence-electron chi connectivity index (χ3n) is 4.37. The molecule has 25 heavy (non-hydrogen) atoms. The number of hydrogen-bond acceptors (Lipinski definition) is 6. The van der Waals surface area contributed by atoms with E-state index in [4.69, 9.17) is 10.2 Å². The first-order chi connectivity index (χ1) is 12.0. The molecule has 1 heterocycles. The number of rotatable bonds is 6. The van der Waals surface area contributed by atoms with Gasteiger partial charge in [-0.15, -0.1) is 0 Å². The molecule has 0 aliphatic carbocycles. The van der Waals surface area contributed by atoms with Crippen molar-refractivity contribution in [2.24, 2.45) is 0 Å². The zero-order valence-corrected chi connectivity index (χ0v) is 15.5. The van der Waals surface area contributed by atoms with E-state index in [1.807, 2.05) is 9.80 Å². The molecule has 1 rings (SSSR count). The minimum atomic E-state index is -0.839. The predicted molar refractivity (Wildman–Crippen MR) is 97.0 cm³/mol. The highest BCUT2D eigenvalue weighted by Gasteiger charge is 2.15. The smallest absolute Gasteiger partial charge is 0.317 e. The van der Waals surface area contributed by atoms with Gasteiger partial charge in [0.05, 0.1) is 13.1 Å². The SMILES string of the molecule is CCCN1CCCN(CC(=O)O)CCN(CC(=O)O)CCCNCC1. The fourth-order valence-electron chi connectivity index (χ4n) is 3.16. The van der Waals surface area contributed by atoms with Crippen molar-refractivity contribution in [1.82, 2.24) is 20.0 Å². The maximum absolute atomic E-state index is 11.1. The number of nitrogens with zero attached hydrogens (tertiary/aromatic N) is 3. The van der Waals surface area contributed by atoms with Gasteiger partial charge in [0, 0.05) is 32.7 Å². The average molecular weight is 358 g/mol. The Morgan fingerprint density at radius 2 is 1.36 bits per heavy atom. The van der Waals surface area contributed by atoms with Gasteiger partial charge in [-0.05, 0) is 45.4 Å². The molecule has 1 aliphatic rings. The molecular weight excluding hydrogens is 324 g/mol. The Kier molecular flexibility index (Phi) is 11.4. The van der Waals surface area contributed by atoms with Crippen molar-refractivity contribution in [2.45, 2.75) is 26.2 Å². The molecule has 0 saturated carbocycles. The Labute approximate surface area is 150 Å². The second-order valence-electron chi connectivity index (χ2n) is 6.64. The van der Waals surface area contributed by atoms with Crippen LogP contribution in [0, 0.1) is 0 Å². The molecule has 0 bridgehead atoms. The molecule has 0 radical (unpaired) electrons. The van der Waals surface area contributed by atoms with Crippen molar-refractivity contribution >= 4 is 11.9 Å². The molecule has 1 aliphatic heterocycles. The topological polar surface area (TPSA) is 96.4 Å². The van der Waals surface area contributed by atoms with Gasteiger partial charge in [0.1, 0.15) is 0 Å².